The molecule has 2 N–H and O–H groups in total. The molecule has 3 heteroatoms. The quantitative estimate of drug-likeness (QED) is 0.920. The van der Waals surface area contributed by atoms with Gasteiger partial charge in [0.05, 0.1) is 6.10 Å². The van der Waals surface area contributed by atoms with E-state index in [2.05, 4.69) is 18.2 Å². The van der Waals surface area contributed by atoms with Gasteiger partial charge in [0.25, 0.3) is 0 Å². The lowest BCUT2D eigenvalue weighted by Gasteiger charge is -2.29. The molecular formula is C17H25NO2. The Morgan fingerprint density at radius 2 is 1.95 bits per heavy atom. The van der Waals surface area contributed by atoms with Crippen molar-refractivity contribution in [1.29, 1.82) is 0 Å². The topological polar surface area (TPSA) is 44.5 Å². The molecule has 1 fully saturated rings. The summed E-state index contributed by atoms with van der Waals surface area (Å²) in [6, 6.07) is 6.64. The van der Waals surface area contributed by atoms with E-state index in [1.807, 2.05) is 0 Å². The lowest BCUT2D eigenvalue weighted by atomic mass is 9.88. The predicted octanol–water partition coefficient (Wildman–Crippen LogP) is 3.36. The van der Waals surface area contributed by atoms with Crippen molar-refractivity contribution in [3.8, 4) is 5.75 Å². The molecule has 0 spiro atoms. The van der Waals surface area contributed by atoms with Crippen LogP contribution in [-0.2, 0) is 11.2 Å². The average Bonchev–Trinajstić information content (AvgIpc) is 2.48. The van der Waals surface area contributed by atoms with Crippen molar-refractivity contribution in [3.63, 3.8) is 0 Å². The first-order valence-electron chi connectivity index (χ1n) is 7.84. The highest BCUT2D eigenvalue weighted by Crippen LogP contribution is 2.32. The summed E-state index contributed by atoms with van der Waals surface area (Å²) < 4.78 is 11.6. The van der Waals surface area contributed by atoms with E-state index >= 15 is 0 Å². The molecule has 1 aromatic rings. The van der Waals surface area contributed by atoms with Gasteiger partial charge in [-0.25, -0.2) is 0 Å². The van der Waals surface area contributed by atoms with Crippen molar-refractivity contribution in [2.24, 2.45) is 5.73 Å². The summed E-state index contributed by atoms with van der Waals surface area (Å²) in [5.41, 5.74) is 8.90. The third kappa shape index (κ3) is 2.99. The second kappa shape index (κ2) is 6.15. The van der Waals surface area contributed by atoms with Gasteiger partial charge in [-0.3, -0.25) is 0 Å². The van der Waals surface area contributed by atoms with Crippen LogP contribution in [0, 0.1) is 0 Å². The highest BCUT2D eigenvalue weighted by Gasteiger charge is 2.24. The van der Waals surface area contributed by atoms with Gasteiger partial charge in [0.2, 0.25) is 0 Å². The minimum Gasteiger partial charge on any atom is -0.490 e. The number of rotatable bonds is 3. The zero-order valence-corrected chi connectivity index (χ0v) is 12.3. The van der Waals surface area contributed by atoms with Crippen LogP contribution in [0.15, 0.2) is 18.2 Å². The number of methoxy groups -OCH3 is 1. The van der Waals surface area contributed by atoms with E-state index in [4.69, 9.17) is 15.2 Å². The summed E-state index contributed by atoms with van der Waals surface area (Å²) in [7, 11) is 1.80. The van der Waals surface area contributed by atoms with Gasteiger partial charge in [0, 0.05) is 19.6 Å². The van der Waals surface area contributed by atoms with Crippen LogP contribution in [-0.4, -0.2) is 19.3 Å². The van der Waals surface area contributed by atoms with Crippen molar-refractivity contribution in [3.05, 3.63) is 29.3 Å². The van der Waals surface area contributed by atoms with Crippen molar-refractivity contribution < 1.29 is 9.47 Å². The summed E-state index contributed by atoms with van der Waals surface area (Å²) >= 11 is 0. The Balaban J connectivity index is 1.70. The van der Waals surface area contributed by atoms with Crippen molar-refractivity contribution in [2.45, 2.75) is 63.2 Å². The van der Waals surface area contributed by atoms with Crippen LogP contribution in [0.4, 0.5) is 0 Å². The molecule has 0 aliphatic heterocycles. The fourth-order valence-corrected chi connectivity index (χ4v) is 3.50. The lowest BCUT2D eigenvalue weighted by molar-refractivity contribution is 0.0209. The molecular weight excluding hydrogens is 250 g/mol. The summed E-state index contributed by atoms with van der Waals surface area (Å²) in [6.07, 6.45) is 8.55. The number of benzene rings is 1. The largest absolute Gasteiger partial charge is 0.490 e. The first-order chi connectivity index (χ1) is 9.76. The Kier molecular flexibility index (Phi) is 4.27. The SMILES string of the molecule is COC1CCCC(Oc2ccc3c(c2)[C@@H](N)CCC3)C1. The molecule has 0 saturated heterocycles. The second-order valence-corrected chi connectivity index (χ2v) is 6.12. The van der Waals surface area contributed by atoms with E-state index in [1.54, 1.807) is 7.11 Å². The first kappa shape index (κ1) is 13.9. The summed E-state index contributed by atoms with van der Waals surface area (Å²) in [4.78, 5) is 0. The minimum absolute atomic E-state index is 0.181. The molecule has 0 bridgehead atoms. The molecule has 2 aliphatic rings. The molecule has 1 saturated carbocycles. The van der Waals surface area contributed by atoms with Gasteiger partial charge in [-0.15, -0.1) is 0 Å². The number of hydrogen-bond donors (Lipinski definition) is 1. The van der Waals surface area contributed by atoms with E-state index in [0.29, 0.717) is 6.10 Å². The fourth-order valence-electron chi connectivity index (χ4n) is 3.50. The van der Waals surface area contributed by atoms with Crippen LogP contribution >= 0.6 is 0 Å². The predicted molar refractivity (Wildman–Crippen MR) is 80.0 cm³/mol. The molecule has 0 heterocycles. The third-order valence-electron chi connectivity index (χ3n) is 4.69. The summed E-state index contributed by atoms with van der Waals surface area (Å²) in [6.45, 7) is 0. The molecule has 3 atom stereocenters. The van der Waals surface area contributed by atoms with Crippen LogP contribution in [0.2, 0.25) is 0 Å². The summed E-state index contributed by atoms with van der Waals surface area (Å²) in [5, 5.41) is 0. The number of nitrogens with two attached hydrogens (primary N) is 1. The van der Waals surface area contributed by atoms with E-state index < -0.39 is 0 Å². The van der Waals surface area contributed by atoms with E-state index in [0.717, 1.165) is 37.9 Å². The van der Waals surface area contributed by atoms with E-state index in [-0.39, 0.29) is 12.1 Å². The second-order valence-electron chi connectivity index (χ2n) is 6.12. The minimum atomic E-state index is 0.181. The number of fused-ring (bicyclic) bond motifs is 1. The lowest BCUT2D eigenvalue weighted by Crippen LogP contribution is -2.29. The van der Waals surface area contributed by atoms with Crippen molar-refractivity contribution in [1.82, 2.24) is 0 Å². The number of hydrogen-bond acceptors (Lipinski definition) is 3. The normalized spacial score (nSPS) is 29.8. The Labute approximate surface area is 121 Å². The van der Waals surface area contributed by atoms with Gasteiger partial charge in [-0.05, 0) is 61.8 Å². The van der Waals surface area contributed by atoms with Gasteiger partial charge >= 0.3 is 0 Å². The first-order valence-corrected chi connectivity index (χ1v) is 7.84. The molecule has 110 valence electrons. The summed E-state index contributed by atoms with van der Waals surface area (Å²) in [5.74, 6) is 0.975. The standard InChI is InChI=1S/C17H25NO2/c1-19-13-5-3-6-14(10-13)20-15-9-8-12-4-2-7-17(18)16(12)11-15/h8-9,11,13-14,17H,2-7,10,18H2,1H3/t13?,14?,17-/m0/s1. The molecule has 2 unspecified atom stereocenters. The van der Waals surface area contributed by atoms with Gasteiger partial charge in [-0.1, -0.05) is 6.07 Å². The van der Waals surface area contributed by atoms with Gasteiger partial charge < -0.3 is 15.2 Å². The molecule has 0 amide bonds. The monoisotopic (exact) mass is 275 g/mol. The fraction of sp³-hybridized carbons (Fsp3) is 0.647. The smallest absolute Gasteiger partial charge is 0.120 e. The Bertz CT molecular complexity index is 460. The maximum Gasteiger partial charge on any atom is 0.120 e. The van der Waals surface area contributed by atoms with E-state index in [1.165, 1.54) is 24.0 Å². The van der Waals surface area contributed by atoms with Crippen LogP contribution < -0.4 is 10.5 Å². The third-order valence-corrected chi connectivity index (χ3v) is 4.69. The number of ether oxygens (including phenoxy) is 2. The molecule has 1 aromatic carbocycles. The van der Waals surface area contributed by atoms with Crippen molar-refractivity contribution in [2.75, 3.05) is 7.11 Å². The average molecular weight is 275 g/mol. The van der Waals surface area contributed by atoms with Crippen LogP contribution in [0.1, 0.15) is 55.7 Å². The highest BCUT2D eigenvalue weighted by molar-refractivity contribution is 5.39. The molecule has 2 aliphatic carbocycles. The molecule has 20 heavy (non-hydrogen) atoms. The highest BCUT2D eigenvalue weighted by atomic mass is 16.5. The van der Waals surface area contributed by atoms with Crippen LogP contribution in [0.5, 0.6) is 5.75 Å². The molecule has 0 aromatic heterocycles. The van der Waals surface area contributed by atoms with Gasteiger partial charge in [-0.2, -0.15) is 0 Å². The Morgan fingerprint density at radius 3 is 2.80 bits per heavy atom. The van der Waals surface area contributed by atoms with Gasteiger partial charge in [0.15, 0.2) is 0 Å². The van der Waals surface area contributed by atoms with Gasteiger partial charge in [0.1, 0.15) is 11.9 Å². The zero-order valence-electron chi connectivity index (χ0n) is 12.3. The van der Waals surface area contributed by atoms with Crippen LogP contribution in [0.3, 0.4) is 0 Å². The number of aryl methyl sites for hydroxylation is 1. The molecule has 3 nitrogen and oxygen atoms in total. The van der Waals surface area contributed by atoms with Crippen molar-refractivity contribution >= 4 is 0 Å². The zero-order chi connectivity index (χ0) is 13.9. The molecule has 0 radical (unpaired) electrons. The Morgan fingerprint density at radius 1 is 1.10 bits per heavy atom. The maximum absolute atomic E-state index is 6.22. The Hall–Kier alpha value is -1.06. The van der Waals surface area contributed by atoms with Crippen LogP contribution in [0.25, 0.3) is 0 Å². The van der Waals surface area contributed by atoms with E-state index in [9.17, 15) is 0 Å². The molecule has 3 rings (SSSR count). The maximum atomic E-state index is 6.22.